The number of amides is 2. The highest BCUT2D eigenvalue weighted by molar-refractivity contribution is 7.98. The van der Waals surface area contributed by atoms with Crippen molar-refractivity contribution in [3.05, 3.63) is 0 Å². The number of urea groups is 1. The van der Waals surface area contributed by atoms with Crippen molar-refractivity contribution in [2.24, 2.45) is 5.92 Å². The minimum absolute atomic E-state index is 0.0142. The zero-order chi connectivity index (χ0) is 12.8. The van der Waals surface area contributed by atoms with Gasteiger partial charge in [0.05, 0.1) is 5.92 Å². The lowest BCUT2D eigenvalue weighted by atomic mass is 10.1. The van der Waals surface area contributed by atoms with Gasteiger partial charge in [0.1, 0.15) is 0 Å². The van der Waals surface area contributed by atoms with Gasteiger partial charge in [0.15, 0.2) is 0 Å². The number of thioether (sulfide) groups is 1. The molecule has 1 fully saturated rings. The zero-order valence-electron chi connectivity index (χ0n) is 10.3. The van der Waals surface area contributed by atoms with Crippen LogP contribution in [0.2, 0.25) is 0 Å². The number of rotatable bonds is 5. The molecule has 1 saturated carbocycles. The first-order valence-corrected chi connectivity index (χ1v) is 7.17. The van der Waals surface area contributed by atoms with E-state index in [0.29, 0.717) is 19.4 Å². The van der Waals surface area contributed by atoms with Gasteiger partial charge in [-0.25, -0.2) is 4.79 Å². The molecule has 0 radical (unpaired) electrons. The Kier molecular flexibility index (Phi) is 5.61. The molecule has 0 spiro atoms. The van der Waals surface area contributed by atoms with Gasteiger partial charge in [-0.05, 0) is 25.5 Å². The standard InChI is InChI=1S/C11H20N2O3S/c1-13(5-6-17-2)11(16)12-9-4-3-8(7-9)10(14)15/h8-9H,3-7H2,1-2H3,(H,12,16)(H,14,15). The van der Waals surface area contributed by atoms with Crippen molar-refractivity contribution >= 4 is 23.8 Å². The topological polar surface area (TPSA) is 69.6 Å². The molecule has 0 heterocycles. The number of hydrogen-bond donors (Lipinski definition) is 2. The number of carboxylic acid groups (broad SMARTS) is 1. The molecule has 0 aromatic carbocycles. The molecule has 0 aromatic heterocycles. The van der Waals surface area contributed by atoms with Crippen LogP contribution in [0.15, 0.2) is 0 Å². The maximum atomic E-state index is 11.7. The average Bonchev–Trinajstić information content (AvgIpc) is 2.74. The predicted octanol–water partition coefficient (Wildman–Crippen LogP) is 1.24. The van der Waals surface area contributed by atoms with Gasteiger partial charge in [-0.1, -0.05) is 0 Å². The van der Waals surface area contributed by atoms with Gasteiger partial charge >= 0.3 is 12.0 Å². The minimum atomic E-state index is -0.752. The maximum absolute atomic E-state index is 11.7. The molecule has 98 valence electrons. The fourth-order valence-electron chi connectivity index (χ4n) is 1.95. The second-order valence-corrected chi connectivity index (χ2v) is 5.39. The molecular formula is C11H20N2O3S. The van der Waals surface area contributed by atoms with Gasteiger partial charge in [0.25, 0.3) is 0 Å². The Balaban J connectivity index is 2.30. The molecule has 0 bridgehead atoms. The summed E-state index contributed by atoms with van der Waals surface area (Å²) in [7, 11) is 1.76. The summed E-state index contributed by atoms with van der Waals surface area (Å²) in [6.07, 6.45) is 3.98. The van der Waals surface area contributed by atoms with Crippen molar-refractivity contribution in [3.8, 4) is 0 Å². The van der Waals surface area contributed by atoms with Gasteiger partial charge in [-0.15, -0.1) is 0 Å². The summed E-state index contributed by atoms with van der Waals surface area (Å²) in [6.45, 7) is 0.710. The van der Waals surface area contributed by atoms with Crippen LogP contribution < -0.4 is 5.32 Å². The number of aliphatic carboxylic acids is 1. The minimum Gasteiger partial charge on any atom is -0.481 e. The molecule has 1 aliphatic rings. The Labute approximate surface area is 106 Å². The maximum Gasteiger partial charge on any atom is 0.317 e. The first kappa shape index (κ1) is 14.2. The van der Waals surface area contributed by atoms with Crippen molar-refractivity contribution in [1.29, 1.82) is 0 Å². The Morgan fingerprint density at radius 2 is 2.18 bits per heavy atom. The van der Waals surface area contributed by atoms with Crippen LogP contribution in [0.5, 0.6) is 0 Å². The van der Waals surface area contributed by atoms with E-state index in [1.165, 1.54) is 0 Å². The van der Waals surface area contributed by atoms with Crippen LogP contribution >= 0.6 is 11.8 Å². The summed E-state index contributed by atoms with van der Waals surface area (Å²) in [4.78, 5) is 24.2. The normalized spacial score (nSPS) is 23.4. The van der Waals surface area contributed by atoms with Crippen molar-refractivity contribution in [3.63, 3.8) is 0 Å². The lowest BCUT2D eigenvalue weighted by Gasteiger charge is -2.20. The average molecular weight is 260 g/mol. The third kappa shape index (κ3) is 4.46. The number of carboxylic acids is 1. The highest BCUT2D eigenvalue weighted by atomic mass is 32.2. The van der Waals surface area contributed by atoms with Crippen LogP contribution in [0.4, 0.5) is 4.79 Å². The quantitative estimate of drug-likeness (QED) is 0.780. The fraction of sp³-hybridized carbons (Fsp3) is 0.818. The third-order valence-corrected chi connectivity index (χ3v) is 3.68. The lowest BCUT2D eigenvalue weighted by molar-refractivity contribution is -0.141. The number of hydrogen-bond acceptors (Lipinski definition) is 3. The number of nitrogens with one attached hydrogen (secondary N) is 1. The second kappa shape index (κ2) is 6.74. The van der Waals surface area contributed by atoms with E-state index in [1.807, 2.05) is 6.26 Å². The molecule has 0 aliphatic heterocycles. The largest absolute Gasteiger partial charge is 0.481 e. The van der Waals surface area contributed by atoms with Crippen molar-refractivity contribution in [2.75, 3.05) is 25.6 Å². The van der Waals surface area contributed by atoms with Crippen molar-refractivity contribution in [2.45, 2.75) is 25.3 Å². The molecule has 0 saturated heterocycles. The van der Waals surface area contributed by atoms with Crippen LogP contribution in [-0.4, -0.2) is 53.6 Å². The monoisotopic (exact) mass is 260 g/mol. The van der Waals surface area contributed by atoms with Crippen LogP contribution in [0.3, 0.4) is 0 Å². The molecule has 1 aliphatic carbocycles. The van der Waals surface area contributed by atoms with E-state index in [9.17, 15) is 9.59 Å². The molecule has 6 heteroatoms. The van der Waals surface area contributed by atoms with Crippen LogP contribution in [0.1, 0.15) is 19.3 Å². The number of nitrogens with zero attached hydrogens (tertiary/aromatic N) is 1. The Hall–Kier alpha value is -0.910. The lowest BCUT2D eigenvalue weighted by Crippen LogP contribution is -2.43. The Bertz CT molecular complexity index is 286. The molecule has 2 N–H and O–H groups in total. The number of carbonyl (C=O) groups is 2. The predicted molar refractivity (Wildman–Crippen MR) is 68.3 cm³/mol. The SMILES string of the molecule is CSCCN(C)C(=O)NC1CCC(C(=O)O)C1. The molecule has 2 unspecified atom stereocenters. The summed E-state index contributed by atoms with van der Waals surface area (Å²) in [6, 6.07) is -0.0876. The highest BCUT2D eigenvalue weighted by Gasteiger charge is 2.30. The summed E-state index contributed by atoms with van der Waals surface area (Å²) >= 11 is 1.70. The zero-order valence-corrected chi connectivity index (χ0v) is 11.1. The summed E-state index contributed by atoms with van der Waals surface area (Å²) in [5, 5.41) is 11.8. The van der Waals surface area contributed by atoms with Crippen LogP contribution in [0.25, 0.3) is 0 Å². The van der Waals surface area contributed by atoms with Crippen LogP contribution in [0, 0.1) is 5.92 Å². The van der Waals surface area contributed by atoms with Gasteiger partial charge in [0.2, 0.25) is 0 Å². The molecule has 5 nitrogen and oxygen atoms in total. The first-order chi connectivity index (χ1) is 8.04. The summed E-state index contributed by atoms with van der Waals surface area (Å²) in [5.74, 6) is -0.138. The molecule has 2 atom stereocenters. The molecule has 0 aromatic rings. The third-order valence-electron chi connectivity index (χ3n) is 3.09. The van der Waals surface area contributed by atoms with Crippen LogP contribution in [-0.2, 0) is 4.79 Å². The van der Waals surface area contributed by atoms with Gasteiger partial charge in [0, 0.05) is 25.4 Å². The summed E-state index contributed by atoms with van der Waals surface area (Å²) in [5.41, 5.74) is 0. The molecule has 2 amide bonds. The molecule has 1 rings (SSSR count). The van der Waals surface area contributed by atoms with E-state index < -0.39 is 5.97 Å². The second-order valence-electron chi connectivity index (χ2n) is 4.41. The highest BCUT2D eigenvalue weighted by Crippen LogP contribution is 2.25. The first-order valence-electron chi connectivity index (χ1n) is 5.78. The summed E-state index contributed by atoms with van der Waals surface area (Å²) < 4.78 is 0. The Morgan fingerprint density at radius 3 is 2.71 bits per heavy atom. The van der Waals surface area contributed by atoms with Crippen molar-refractivity contribution < 1.29 is 14.7 Å². The van der Waals surface area contributed by atoms with E-state index in [4.69, 9.17) is 5.11 Å². The fourth-order valence-corrected chi connectivity index (χ4v) is 2.41. The van der Waals surface area contributed by atoms with E-state index >= 15 is 0 Å². The Morgan fingerprint density at radius 1 is 1.47 bits per heavy atom. The van der Waals surface area contributed by atoms with E-state index in [-0.39, 0.29) is 18.0 Å². The number of carbonyl (C=O) groups excluding carboxylic acids is 1. The van der Waals surface area contributed by atoms with E-state index in [1.54, 1.807) is 23.7 Å². The van der Waals surface area contributed by atoms with Crippen molar-refractivity contribution in [1.82, 2.24) is 10.2 Å². The van der Waals surface area contributed by atoms with Gasteiger partial charge < -0.3 is 15.3 Å². The van der Waals surface area contributed by atoms with Gasteiger partial charge in [-0.3, -0.25) is 4.79 Å². The molecule has 17 heavy (non-hydrogen) atoms. The van der Waals surface area contributed by atoms with E-state index in [2.05, 4.69) is 5.32 Å². The molecular weight excluding hydrogens is 240 g/mol. The smallest absolute Gasteiger partial charge is 0.317 e. The van der Waals surface area contributed by atoms with Gasteiger partial charge in [-0.2, -0.15) is 11.8 Å². The van der Waals surface area contributed by atoms with E-state index in [0.717, 1.165) is 12.2 Å².